The second kappa shape index (κ2) is 8.53. The highest BCUT2D eigenvalue weighted by Crippen LogP contribution is 2.36. The van der Waals surface area contributed by atoms with Gasteiger partial charge in [0, 0.05) is 10.6 Å². The summed E-state index contributed by atoms with van der Waals surface area (Å²) >= 11 is 29.3. The molecule has 0 radical (unpaired) electrons. The van der Waals surface area contributed by atoms with E-state index in [2.05, 4.69) is 10.6 Å². The molecule has 0 bridgehead atoms. The first-order valence-corrected chi connectivity index (χ1v) is 9.03. The number of rotatable bonds is 4. The van der Waals surface area contributed by atoms with Gasteiger partial charge in [0.25, 0.3) is 5.91 Å². The van der Waals surface area contributed by atoms with E-state index in [0.717, 1.165) is 18.2 Å². The normalized spacial score (nSPS) is 13.2. The number of anilines is 1. The first-order chi connectivity index (χ1) is 12.4. The number of alkyl halides is 6. The van der Waals surface area contributed by atoms with Crippen LogP contribution >= 0.6 is 58.0 Å². The molecule has 0 spiro atoms. The summed E-state index contributed by atoms with van der Waals surface area (Å²) in [6, 6.07) is 8.52. The number of nitrogens with one attached hydrogen (secondary N) is 2. The van der Waals surface area contributed by atoms with Crippen molar-refractivity contribution in [3.05, 3.63) is 63.6 Å². The van der Waals surface area contributed by atoms with Gasteiger partial charge in [0.1, 0.15) is 6.17 Å². The van der Waals surface area contributed by atoms with Crippen LogP contribution in [0.2, 0.25) is 10.0 Å². The number of benzene rings is 2. The van der Waals surface area contributed by atoms with E-state index in [-0.39, 0.29) is 16.3 Å². The maximum Gasteiger partial charge on any atom is 0.416 e. The van der Waals surface area contributed by atoms with E-state index in [4.69, 9.17) is 58.0 Å². The van der Waals surface area contributed by atoms with Gasteiger partial charge in [0.2, 0.25) is 3.79 Å². The minimum atomic E-state index is -4.56. The van der Waals surface area contributed by atoms with E-state index in [9.17, 15) is 18.0 Å². The molecular weight excluding hydrogens is 470 g/mol. The third kappa shape index (κ3) is 6.22. The third-order valence-corrected chi connectivity index (χ3v) is 4.52. The van der Waals surface area contributed by atoms with E-state index < -0.39 is 27.6 Å². The van der Waals surface area contributed by atoms with Crippen molar-refractivity contribution in [2.24, 2.45) is 0 Å². The van der Waals surface area contributed by atoms with Crippen LogP contribution < -0.4 is 10.6 Å². The number of halogens is 8. The molecule has 0 fully saturated rings. The van der Waals surface area contributed by atoms with Crippen molar-refractivity contribution in [3.63, 3.8) is 0 Å². The van der Waals surface area contributed by atoms with Gasteiger partial charge in [-0.25, -0.2) is 0 Å². The molecule has 2 rings (SSSR count). The molecule has 1 amide bonds. The number of amides is 1. The Hall–Kier alpha value is -1.05. The minimum absolute atomic E-state index is 0.0393. The van der Waals surface area contributed by atoms with E-state index >= 15 is 0 Å². The Morgan fingerprint density at radius 3 is 2.04 bits per heavy atom. The smallest absolute Gasteiger partial charge is 0.361 e. The Balaban J connectivity index is 2.23. The van der Waals surface area contributed by atoms with Gasteiger partial charge < -0.3 is 10.6 Å². The van der Waals surface area contributed by atoms with Crippen LogP contribution in [0.3, 0.4) is 0 Å². The first kappa shape index (κ1) is 22.2. The second-order valence-corrected chi connectivity index (χ2v) is 8.50. The van der Waals surface area contributed by atoms with Crippen LogP contribution in [0, 0.1) is 0 Å². The molecule has 2 N–H and O–H groups in total. The SMILES string of the molecule is O=C(N[C@H](Nc1ccc(C(F)(F)F)cc1Cl)C(Cl)(Cl)Cl)c1ccc(Cl)cc1. The summed E-state index contributed by atoms with van der Waals surface area (Å²) in [4.78, 5) is 12.3. The number of carbonyl (C=O) groups excluding carboxylic acids is 1. The summed E-state index contributed by atoms with van der Waals surface area (Å²) in [7, 11) is 0. The monoisotopic (exact) mass is 478 g/mol. The van der Waals surface area contributed by atoms with Crippen LogP contribution in [0.5, 0.6) is 0 Å². The van der Waals surface area contributed by atoms with Crippen LogP contribution in [0.25, 0.3) is 0 Å². The highest BCUT2D eigenvalue weighted by molar-refractivity contribution is 6.68. The van der Waals surface area contributed by atoms with Gasteiger partial charge in [-0.3, -0.25) is 4.79 Å². The average Bonchev–Trinajstić information content (AvgIpc) is 2.54. The fourth-order valence-electron chi connectivity index (χ4n) is 1.98. The molecule has 0 heterocycles. The Bertz CT molecular complexity index is 822. The summed E-state index contributed by atoms with van der Waals surface area (Å²) in [5, 5.41) is 5.24. The van der Waals surface area contributed by atoms with Gasteiger partial charge in [-0.2, -0.15) is 13.2 Å². The number of hydrogen-bond acceptors (Lipinski definition) is 2. The first-order valence-electron chi connectivity index (χ1n) is 7.14. The Morgan fingerprint density at radius 2 is 1.56 bits per heavy atom. The Kier molecular flexibility index (Phi) is 7.03. The Labute approximate surface area is 177 Å². The maximum absolute atomic E-state index is 12.7. The lowest BCUT2D eigenvalue weighted by Crippen LogP contribution is -2.49. The van der Waals surface area contributed by atoms with Gasteiger partial charge in [-0.05, 0) is 42.5 Å². The molecule has 0 saturated carbocycles. The second-order valence-electron chi connectivity index (χ2n) is 5.29. The van der Waals surface area contributed by atoms with Gasteiger partial charge >= 0.3 is 6.18 Å². The van der Waals surface area contributed by atoms with E-state index in [0.29, 0.717) is 5.02 Å². The number of carbonyl (C=O) groups is 1. The topological polar surface area (TPSA) is 41.1 Å². The molecule has 0 saturated heterocycles. The average molecular weight is 481 g/mol. The summed E-state index contributed by atoms with van der Waals surface area (Å²) in [6.07, 6.45) is -5.85. The summed E-state index contributed by atoms with van der Waals surface area (Å²) in [5.74, 6) is -0.599. The fourth-order valence-corrected chi connectivity index (χ4v) is 2.67. The predicted molar refractivity (Wildman–Crippen MR) is 103 cm³/mol. The lowest BCUT2D eigenvalue weighted by molar-refractivity contribution is -0.137. The maximum atomic E-state index is 12.7. The van der Waals surface area contributed by atoms with Crippen molar-refractivity contribution >= 4 is 69.6 Å². The molecule has 2 aromatic carbocycles. The van der Waals surface area contributed by atoms with Crippen molar-refractivity contribution < 1.29 is 18.0 Å². The van der Waals surface area contributed by atoms with E-state index in [1.807, 2.05) is 0 Å². The Morgan fingerprint density at radius 1 is 0.963 bits per heavy atom. The van der Waals surface area contributed by atoms with E-state index in [1.54, 1.807) is 0 Å². The molecular formula is C16H10Cl5F3N2O. The molecule has 0 aromatic heterocycles. The fraction of sp³-hybridized carbons (Fsp3) is 0.188. The molecule has 11 heteroatoms. The molecule has 146 valence electrons. The zero-order chi connectivity index (χ0) is 20.4. The van der Waals surface area contributed by atoms with Crippen molar-refractivity contribution in [1.82, 2.24) is 5.32 Å². The highest BCUT2D eigenvalue weighted by atomic mass is 35.6. The zero-order valence-electron chi connectivity index (χ0n) is 13.1. The van der Waals surface area contributed by atoms with Crippen LogP contribution in [-0.2, 0) is 6.18 Å². The molecule has 3 nitrogen and oxygen atoms in total. The van der Waals surface area contributed by atoms with Gasteiger partial charge in [0.15, 0.2) is 0 Å². The van der Waals surface area contributed by atoms with Crippen molar-refractivity contribution in [2.45, 2.75) is 16.1 Å². The van der Waals surface area contributed by atoms with Crippen molar-refractivity contribution in [1.29, 1.82) is 0 Å². The van der Waals surface area contributed by atoms with Crippen LogP contribution in [-0.4, -0.2) is 15.9 Å². The predicted octanol–water partition coefficient (Wildman–Crippen LogP) is 6.55. The van der Waals surface area contributed by atoms with Gasteiger partial charge in [-0.1, -0.05) is 58.0 Å². The number of hydrogen-bond donors (Lipinski definition) is 2. The summed E-state index contributed by atoms with van der Waals surface area (Å²) in [6.45, 7) is 0. The molecule has 1 atom stereocenters. The molecule has 0 aliphatic rings. The van der Waals surface area contributed by atoms with Crippen molar-refractivity contribution in [3.8, 4) is 0 Å². The van der Waals surface area contributed by atoms with Crippen LogP contribution in [0.15, 0.2) is 42.5 Å². The molecule has 0 unspecified atom stereocenters. The quantitative estimate of drug-likeness (QED) is 0.385. The van der Waals surface area contributed by atoms with Gasteiger partial charge in [-0.15, -0.1) is 0 Å². The standard InChI is InChI=1S/C16H10Cl5F3N2O/c17-10-4-1-8(2-5-10)13(27)26-14(15(19,20)21)25-12-6-3-9(7-11(12)18)16(22,23)24/h1-7,14,25H,(H,26,27)/t14-/m0/s1. The molecule has 0 aliphatic carbocycles. The van der Waals surface area contributed by atoms with Gasteiger partial charge in [0.05, 0.1) is 16.3 Å². The largest absolute Gasteiger partial charge is 0.416 e. The lowest BCUT2D eigenvalue weighted by atomic mass is 10.2. The summed E-state index contributed by atoms with van der Waals surface area (Å²) < 4.78 is 36.2. The third-order valence-electron chi connectivity index (χ3n) is 3.31. The lowest BCUT2D eigenvalue weighted by Gasteiger charge is -2.28. The summed E-state index contributed by atoms with van der Waals surface area (Å²) in [5.41, 5.74) is -0.662. The van der Waals surface area contributed by atoms with Crippen LogP contribution in [0.4, 0.5) is 18.9 Å². The minimum Gasteiger partial charge on any atom is -0.361 e. The van der Waals surface area contributed by atoms with Crippen LogP contribution in [0.1, 0.15) is 15.9 Å². The highest BCUT2D eigenvalue weighted by Gasteiger charge is 2.35. The van der Waals surface area contributed by atoms with E-state index in [1.165, 1.54) is 24.3 Å². The molecule has 0 aliphatic heterocycles. The molecule has 2 aromatic rings. The molecule has 27 heavy (non-hydrogen) atoms. The zero-order valence-corrected chi connectivity index (χ0v) is 16.8. The van der Waals surface area contributed by atoms with Crippen molar-refractivity contribution in [2.75, 3.05) is 5.32 Å².